The van der Waals surface area contributed by atoms with Crippen LogP contribution in [0.1, 0.15) is 53.8 Å². The summed E-state index contributed by atoms with van der Waals surface area (Å²) >= 11 is 4.61. The van der Waals surface area contributed by atoms with Crippen molar-refractivity contribution < 1.29 is 0 Å². The van der Waals surface area contributed by atoms with Crippen molar-refractivity contribution in [2.75, 3.05) is 5.32 Å². The first kappa shape index (κ1) is 22.0. The number of rotatable bonds is 8. The van der Waals surface area contributed by atoms with Crippen molar-refractivity contribution in [2.24, 2.45) is 0 Å². The van der Waals surface area contributed by atoms with Gasteiger partial charge in [-0.05, 0) is 56.9 Å². The first-order valence-corrected chi connectivity index (χ1v) is 12.8. The summed E-state index contributed by atoms with van der Waals surface area (Å²) in [5.74, 6) is 0.663. The highest BCUT2D eigenvalue weighted by Crippen LogP contribution is 2.37. The predicted octanol–water partition coefficient (Wildman–Crippen LogP) is 6.39. The van der Waals surface area contributed by atoms with E-state index in [-0.39, 0.29) is 10.8 Å². The van der Waals surface area contributed by atoms with Crippen molar-refractivity contribution in [3.05, 3.63) is 56.4 Å². The molecule has 0 aliphatic carbocycles. The van der Waals surface area contributed by atoms with Crippen molar-refractivity contribution >= 4 is 55.5 Å². The molecule has 0 radical (unpaired) electrons. The van der Waals surface area contributed by atoms with Crippen LogP contribution in [-0.4, -0.2) is 20.2 Å². The third-order valence-corrected chi connectivity index (χ3v) is 8.28. The number of unbranched alkanes of at least 4 members (excludes halogenated alkanes) is 1. The lowest BCUT2D eigenvalue weighted by Gasteiger charge is -2.08. The highest BCUT2D eigenvalue weighted by Gasteiger charge is 2.18. The Morgan fingerprint density at radius 2 is 1.94 bits per heavy atom. The summed E-state index contributed by atoms with van der Waals surface area (Å²) in [5, 5.41) is 13.3. The molecule has 0 bridgehead atoms. The molecule has 1 atom stereocenters. The molecule has 0 aliphatic rings. The molecule has 0 saturated heterocycles. The fourth-order valence-electron chi connectivity index (χ4n) is 3.24. The smallest absolute Gasteiger partial charge is 0.259 e. The topological polar surface area (TPSA) is 83.6 Å². The number of nitrogens with zero attached hydrogens (tertiary/aromatic N) is 3. The summed E-state index contributed by atoms with van der Waals surface area (Å²) in [6.45, 7) is 8.22. The Balaban J connectivity index is 1.44. The molecule has 162 valence electrons. The van der Waals surface area contributed by atoms with E-state index < -0.39 is 0 Å². The standard InChI is InChI=1S/C22H25N5OS3/c1-5-6-7-15-8-10-16(11-9-15)23-21-26-27-22(31-21)30-14(4)18-24-19(28)17-12(2)13(3)29-20(17)25-18/h8-11,14H,5-7H2,1-4H3,(H,23,26)(H,24,25,28)/t14-/m0/s1. The van der Waals surface area contributed by atoms with E-state index >= 15 is 0 Å². The van der Waals surface area contributed by atoms with E-state index in [1.807, 2.05) is 20.8 Å². The van der Waals surface area contributed by atoms with E-state index in [9.17, 15) is 4.79 Å². The van der Waals surface area contributed by atoms with Gasteiger partial charge >= 0.3 is 0 Å². The molecule has 31 heavy (non-hydrogen) atoms. The highest BCUT2D eigenvalue weighted by atomic mass is 32.2. The second kappa shape index (κ2) is 9.50. The quantitative estimate of drug-likeness (QED) is 0.290. The van der Waals surface area contributed by atoms with Crippen LogP contribution in [0.5, 0.6) is 0 Å². The molecule has 0 spiro atoms. The van der Waals surface area contributed by atoms with Crippen LogP contribution in [0.4, 0.5) is 10.8 Å². The van der Waals surface area contributed by atoms with Gasteiger partial charge in [0.2, 0.25) is 5.13 Å². The molecule has 3 heterocycles. The zero-order valence-corrected chi connectivity index (χ0v) is 20.4. The van der Waals surface area contributed by atoms with Crippen molar-refractivity contribution in [1.82, 2.24) is 20.2 Å². The van der Waals surface area contributed by atoms with E-state index in [1.165, 1.54) is 29.7 Å². The number of aromatic nitrogens is 4. The highest BCUT2D eigenvalue weighted by molar-refractivity contribution is 8.01. The van der Waals surface area contributed by atoms with Gasteiger partial charge in [0.05, 0.1) is 10.6 Å². The number of hydrogen-bond donors (Lipinski definition) is 2. The van der Waals surface area contributed by atoms with Gasteiger partial charge in [0.25, 0.3) is 5.56 Å². The van der Waals surface area contributed by atoms with Crippen LogP contribution in [0.15, 0.2) is 33.4 Å². The Labute approximate surface area is 193 Å². The third kappa shape index (κ3) is 4.99. The minimum Gasteiger partial charge on any atom is -0.330 e. The van der Waals surface area contributed by atoms with E-state index in [4.69, 9.17) is 4.98 Å². The number of nitrogens with one attached hydrogen (secondary N) is 2. The van der Waals surface area contributed by atoms with Gasteiger partial charge in [-0.3, -0.25) is 4.79 Å². The molecule has 2 N–H and O–H groups in total. The molecule has 0 saturated carbocycles. The second-order valence-electron chi connectivity index (χ2n) is 7.47. The number of H-pyrrole nitrogens is 1. The molecule has 0 aliphatic heterocycles. The molecular formula is C22H25N5OS3. The van der Waals surface area contributed by atoms with E-state index in [0.717, 1.165) is 36.9 Å². The molecule has 0 unspecified atom stereocenters. The summed E-state index contributed by atoms with van der Waals surface area (Å²) in [6, 6.07) is 8.47. The van der Waals surface area contributed by atoms with Crippen molar-refractivity contribution in [1.29, 1.82) is 0 Å². The van der Waals surface area contributed by atoms with Crippen LogP contribution in [0.2, 0.25) is 0 Å². The number of thioether (sulfide) groups is 1. The van der Waals surface area contributed by atoms with E-state index in [0.29, 0.717) is 11.2 Å². The maximum absolute atomic E-state index is 12.5. The Morgan fingerprint density at radius 1 is 1.16 bits per heavy atom. The van der Waals surface area contributed by atoms with E-state index in [2.05, 4.69) is 51.7 Å². The number of thiophene rings is 1. The summed E-state index contributed by atoms with van der Waals surface area (Å²) in [7, 11) is 0. The molecule has 1 aromatic carbocycles. The van der Waals surface area contributed by atoms with Crippen LogP contribution in [0, 0.1) is 13.8 Å². The molecule has 9 heteroatoms. The van der Waals surface area contributed by atoms with Crippen LogP contribution in [0.3, 0.4) is 0 Å². The Bertz CT molecular complexity index is 1240. The van der Waals surface area contributed by atoms with Crippen LogP contribution >= 0.6 is 34.4 Å². The lowest BCUT2D eigenvalue weighted by molar-refractivity contribution is 0.795. The fourth-order valence-corrected chi connectivity index (χ4v) is 6.25. The number of anilines is 2. The zero-order chi connectivity index (χ0) is 22.0. The monoisotopic (exact) mass is 471 g/mol. The maximum atomic E-state index is 12.5. The number of aryl methyl sites for hydroxylation is 3. The minimum absolute atomic E-state index is 0.0431. The van der Waals surface area contributed by atoms with Crippen LogP contribution in [-0.2, 0) is 6.42 Å². The molecule has 0 amide bonds. The van der Waals surface area contributed by atoms with Crippen molar-refractivity contribution in [2.45, 2.75) is 56.5 Å². The summed E-state index contributed by atoms with van der Waals surface area (Å²) < 4.78 is 0.829. The van der Waals surface area contributed by atoms with Gasteiger partial charge in [-0.1, -0.05) is 48.6 Å². The van der Waals surface area contributed by atoms with Gasteiger partial charge in [0, 0.05) is 10.6 Å². The predicted molar refractivity (Wildman–Crippen MR) is 132 cm³/mol. The number of aromatic amines is 1. The summed E-state index contributed by atoms with van der Waals surface area (Å²) in [4.78, 5) is 22.1. The summed E-state index contributed by atoms with van der Waals surface area (Å²) in [6.07, 6.45) is 3.52. The fraction of sp³-hybridized carbons (Fsp3) is 0.364. The molecular weight excluding hydrogens is 446 g/mol. The number of hydrogen-bond acceptors (Lipinski definition) is 8. The maximum Gasteiger partial charge on any atom is 0.259 e. The van der Waals surface area contributed by atoms with Crippen molar-refractivity contribution in [3.8, 4) is 0 Å². The average molecular weight is 472 g/mol. The lowest BCUT2D eigenvalue weighted by atomic mass is 10.1. The molecule has 0 fully saturated rings. The lowest BCUT2D eigenvalue weighted by Crippen LogP contribution is -2.12. The van der Waals surface area contributed by atoms with Gasteiger partial charge in [-0.15, -0.1) is 21.5 Å². The van der Waals surface area contributed by atoms with Gasteiger partial charge in [0.15, 0.2) is 4.34 Å². The average Bonchev–Trinajstić information content (AvgIpc) is 3.31. The van der Waals surface area contributed by atoms with Gasteiger partial charge in [-0.2, -0.15) is 0 Å². The van der Waals surface area contributed by atoms with Crippen molar-refractivity contribution in [3.63, 3.8) is 0 Å². The zero-order valence-electron chi connectivity index (χ0n) is 18.0. The molecule has 3 aromatic heterocycles. The molecule has 6 nitrogen and oxygen atoms in total. The van der Waals surface area contributed by atoms with Crippen LogP contribution in [0.25, 0.3) is 10.2 Å². The van der Waals surface area contributed by atoms with E-state index in [1.54, 1.807) is 23.1 Å². The Morgan fingerprint density at radius 3 is 2.68 bits per heavy atom. The molecule has 4 aromatic rings. The molecule has 4 rings (SSSR count). The van der Waals surface area contributed by atoms with Gasteiger partial charge in [0.1, 0.15) is 10.7 Å². The summed E-state index contributed by atoms with van der Waals surface area (Å²) in [5.41, 5.74) is 3.29. The van der Waals surface area contributed by atoms with Gasteiger partial charge in [-0.25, -0.2) is 4.98 Å². The largest absolute Gasteiger partial charge is 0.330 e. The first-order valence-electron chi connectivity index (χ1n) is 10.3. The second-order valence-corrected chi connectivity index (χ2v) is 11.2. The first-order chi connectivity index (χ1) is 14.9. The van der Waals surface area contributed by atoms with Crippen LogP contribution < -0.4 is 10.9 Å². The normalized spacial score (nSPS) is 12.4. The Kier molecular flexibility index (Phi) is 6.74. The minimum atomic E-state index is -0.0729. The van der Waals surface area contributed by atoms with Gasteiger partial charge < -0.3 is 10.3 Å². The Hall–Kier alpha value is -2.23. The number of benzene rings is 1. The number of fused-ring (bicyclic) bond motifs is 1. The SMILES string of the molecule is CCCCc1ccc(Nc2nnc(S[C@@H](C)c3nc4sc(C)c(C)c4c(=O)[nH]3)s2)cc1. The third-order valence-electron chi connectivity index (χ3n) is 5.15.